The van der Waals surface area contributed by atoms with E-state index in [1.807, 2.05) is 30.3 Å². The van der Waals surface area contributed by atoms with Gasteiger partial charge in [0, 0.05) is 0 Å². The van der Waals surface area contributed by atoms with Gasteiger partial charge in [0.2, 0.25) is 0 Å². The Morgan fingerprint density at radius 3 is 1.50 bits per heavy atom. The van der Waals surface area contributed by atoms with Crippen molar-refractivity contribution in [1.82, 2.24) is 0 Å². The smallest absolute Gasteiger partial charge is 0.0936 e. The monoisotopic (exact) mass is 306 g/mol. The molecular weight excluding hydrogens is 295 g/mol. The average Bonchev–Trinajstić information content (AvgIpc) is 2.35. The number of benzene rings is 2. The second kappa shape index (κ2) is 4.09. The van der Waals surface area contributed by atoms with Crippen LogP contribution in [0.5, 0.6) is 0 Å². The Hall–Kier alpha value is -1.82. The van der Waals surface area contributed by atoms with Crippen LogP contribution >= 0.6 is 10.2 Å². The van der Waals surface area contributed by atoms with Gasteiger partial charge in [-0.1, -0.05) is 74.0 Å². The molecule has 0 radical (unpaired) electrons. The van der Waals surface area contributed by atoms with Crippen LogP contribution in [0.1, 0.15) is 11.1 Å². The lowest BCUT2D eigenvalue weighted by molar-refractivity contribution is 0.364. The van der Waals surface area contributed by atoms with E-state index in [1.165, 1.54) is 0 Å². The third kappa shape index (κ3) is 3.84. The van der Waals surface area contributed by atoms with E-state index in [2.05, 4.69) is 0 Å². The first-order valence-corrected chi connectivity index (χ1v) is 7.57. The molecule has 0 fully saturated rings. The standard InChI is InChI=1S/C14H11F5S/c15-20(16,17,18,19)14-10-8-13(9-11-14)7-6-12-4-2-1-3-5-12/h1-11H. The van der Waals surface area contributed by atoms with Crippen molar-refractivity contribution < 1.29 is 19.4 Å². The lowest BCUT2D eigenvalue weighted by Gasteiger charge is -2.40. The molecule has 0 aliphatic heterocycles. The third-order valence-electron chi connectivity index (χ3n) is 2.59. The minimum absolute atomic E-state index is 0.409. The molecule has 0 aliphatic rings. The molecule has 0 spiro atoms. The maximum Gasteiger partial charge on any atom is 0.310 e. The molecule has 20 heavy (non-hydrogen) atoms. The van der Waals surface area contributed by atoms with E-state index < -0.39 is 15.1 Å². The van der Waals surface area contributed by atoms with Crippen LogP contribution in [-0.2, 0) is 0 Å². The second-order valence-electron chi connectivity index (χ2n) is 4.28. The normalized spacial score (nSPS) is 15.8. The molecule has 0 saturated heterocycles. The highest BCUT2D eigenvalue weighted by molar-refractivity contribution is 8.45. The molecule has 0 aromatic heterocycles. The van der Waals surface area contributed by atoms with Crippen molar-refractivity contribution in [1.29, 1.82) is 0 Å². The van der Waals surface area contributed by atoms with Gasteiger partial charge in [0.1, 0.15) is 4.90 Å². The van der Waals surface area contributed by atoms with Crippen molar-refractivity contribution in [2.45, 2.75) is 4.90 Å². The zero-order chi connectivity index (χ0) is 14.9. The van der Waals surface area contributed by atoms with E-state index in [1.54, 1.807) is 12.2 Å². The SMILES string of the molecule is FS(F)(F)(F)(F)c1ccc(C=Cc2ccccc2)cc1. The molecule has 2 rings (SSSR count). The van der Waals surface area contributed by atoms with Crippen molar-refractivity contribution in [3.05, 3.63) is 65.7 Å². The van der Waals surface area contributed by atoms with Crippen LogP contribution in [0.4, 0.5) is 19.4 Å². The zero-order valence-corrected chi connectivity index (χ0v) is 11.0. The van der Waals surface area contributed by atoms with E-state index in [0.29, 0.717) is 17.7 Å². The lowest BCUT2D eigenvalue weighted by atomic mass is 10.1. The number of rotatable bonds is 3. The maximum atomic E-state index is 12.5. The van der Waals surface area contributed by atoms with E-state index in [0.717, 1.165) is 17.7 Å². The van der Waals surface area contributed by atoms with Crippen LogP contribution in [0.2, 0.25) is 0 Å². The van der Waals surface area contributed by atoms with Crippen LogP contribution in [0, 0.1) is 0 Å². The summed E-state index contributed by atoms with van der Waals surface area (Å²) in [4.78, 5) is -1.87. The highest BCUT2D eigenvalue weighted by Crippen LogP contribution is 3.02. The van der Waals surface area contributed by atoms with Crippen molar-refractivity contribution >= 4 is 22.4 Å². The van der Waals surface area contributed by atoms with E-state index >= 15 is 0 Å². The summed E-state index contributed by atoms with van der Waals surface area (Å²) in [6.07, 6.45) is 3.25. The first kappa shape index (κ1) is 14.6. The summed E-state index contributed by atoms with van der Waals surface area (Å²) in [5.74, 6) is 0. The first-order valence-electron chi connectivity index (χ1n) is 5.62. The Labute approximate surface area is 113 Å². The summed E-state index contributed by atoms with van der Waals surface area (Å²) in [6.45, 7) is 0. The van der Waals surface area contributed by atoms with Gasteiger partial charge in [-0.2, -0.15) is 0 Å². The number of hydrogen-bond donors (Lipinski definition) is 0. The van der Waals surface area contributed by atoms with Crippen molar-refractivity contribution in [2.24, 2.45) is 0 Å². The van der Waals surface area contributed by atoms with Gasteiger partial charge >= 0.3 is 10.2 Å². The number of hydrogen-bond acceptors (Lipinski definition) is 0. The summed E-state index contributed by atoms with van der Waals surface area (Å²) < 4.78 is 62.6. The fourth-order valence-corrected chi connectivity index (χ4v) is 2.24. The fraction of sp³-hybridized carbons (Fsp3) is 0. The highest BCUT2D eigenvalue weighted by atomic mass is 32.5. The van der Waals surface area contributed by atoms with Gasteiger partial charge in [-0.25, -0.2) is 0 Å². The minimum Gasteiger partial charge on any atom is -0.0936 e. The quantitative estimate of drug-likeness (QED) is 0.447. The molecule has 6 heteroatoms. The van der Waals surface area contributed by atoms with Crippen LogP contribution in [0.15, 0.2) is 59.5 Å². The van der Waals surface area contributed by atoms with Crippen molar-refractivity contribution in [2.75, 3.05) is 0 Å². The second-order valence-corrected chi connectivity index (χ2v) is 6.69. The topological polar surface area (TPSA) is 0 Å². The van der Waals surface area contributed by atoms with Gasteiger partial charge in [-0.05, 0) is 23.3 Å². The summed E-state index contributed by atoms with van der Waals surface area (Å²) in [5.41, 5.74) is 1.28. The third-order valence-corrected chi connectivity index (χ3v) is 3.76. The maximum absolute atomic E-state index is 12.5. The molecule has 0 heterocycles. The molecule has 0 aliphatic carbocycles. The predicted octanol–water partition coefficient (Wildman–Crippen LogP) is 6.51. The predicted molar refractivity (Wildman–Crippen MR) is 73.2 cm³/mol. The molecule has 2 aromatic rings. The van der Waals surface area contributed by atoms with Crippen molar-refractivity contribution in [3.63, 3.8) is 0 Å². The van der Waals surface area contributed by atoms with E-state index in [9.17, 15) is 19.4 Å². The van der Waals surface area contributed by atoms with Gasteiger partial charge in [0.25, 0.3) is 0 Å². The lowest BCUT2D eigenvalue weighted by Crippen LogP contribution is -2.05. The Morgan fingerprint density at radius 2 is 1.05 bits per heavy atom. The van der Waals surface area contributed by atoms with Gasteiger partial charge in [0.15, 0.2) is 0 Å². The van der Waals surface area contributed by atoms with Gasteiger partial charge in [0.05, 0.1) is 0 Å². The van der Waals surface area contributed by atoms with E-state index in [-0.39, 0.29) is 0 Å². The van der Waals surface area contributed by atoms with Crippen LogP contribution < -0.4 is 0 Å². The van der Waals surface area contributed by atoms with Gasteiger partial charge < -0.3 is 0 Å². The molecule has 0 unspecified atom stereocenters. The molecule has 0 nitrogen and oxygen atoms in total. The highest BCUT2D eigenvalue weighted by Gasteiger charge is 2.65. The van der Waals surface area contributed by atoms with Gasteiger partial charge in [-0.3, -0.25) is 0 Å². The summed E-state index contributed by atoms with van der Waals surface area (Å²) in [5, 5.41) is 0. The largest absolute Gasteiger partial charge is 0.310 e. The van der Waals surface area contributed by atoms with Crippen LogP contribution in [0.25, 0.3) is 12.2 Å². The van der Waals surface area contributed by atoms with Crippen LogP contribution in [0.3, 0.4) is 0 Å². The molecule has 0 bridgehead atoms. The molecule has 0 N–H and O–H groups in total. The summed E-state index contributed by atoms with van der Waals surface area (Å²) >= 11 is 0. The van der Waals surface area contributed by atoms with Gasteiger partial charge in [-0.15, -0.1) is 0 Å². The number of halogens is 5. The Bertz CT molecular complexity index is 627. The molecule has 108 valence electrons. The molecule has 0 atom stereocenters. The Kier molecular flexibility index (Phi) is 2.98. The first-order chi connectivity index (χ1) is 9.04. The van der Waals surface area contributed by atoms with Crippen LogP contribution in [-0.4, -0.2) is 0 Å². The summed E-state index contributed by atoms with van der Waals surface area (Å²) in [6, 6.07) is 12.0. The Morgan fingerprint density at radius 1 is 0.600 bits per heavy atom. The molecular formula is C14H11F5S. The molecule has 0 amide bonds. The van der Waals surface area contributed by atoms with E-state index in [4.69, 9.17) is 0 Å². The average molecular weight is 306 g/mol. The molecule has 0 saturated carbocycles. The Balaban J connectivity index is 2.25. The summed E-state index contributed by atoms with van der Waals surface area (Å²) in [7, 11) is -9.57. The zero-order valence-electron chi connectivity index (χ0n) is 10.1. The minimum atomic E-state index is -9.57. The molecule has 2 aromatic carbocycles. The van der Waals surface area contributed by atoms with Crippen molar-refractivity contribution in [3.8, 4) is 0 Å². The fourth-order valence-electron chi connectivity index (χ4n) is 1.59.